The maximum Gasteiger partial charge on any atom is 1.00 e. The topological polar surface area (TPSA) is 149 Å². The molecular formula is C5H9NaO8PS+. The molecule has 0 saturated carbocycles. The predicted molar refractivity (Wildman–Crippen MR) is 48.7 cm³/mol. The summed E-state index contributed by atoms with van der Waals surface area (Å²) in [7, 11) is -7.04. The first-order valence-electron chi connectivity index (χ1n) is 3.50. The molecule has 11 heteroatoms. The number of hydrogen-bond acceptors (Lipinski definition) is 4. The van der Waals surface area contributed by atoms with E-state index in [0.29, 0.717) is 0 Å². The van der Waals surface area contributed by atoms with E-state index in [9.17, 15) is 18.4 Å². The number of hydrogen-bond donors (Lipinski definition) is 4. The van der Waals surface area contributed by atoms with E-state index in [1.54, 1.807) is 0 Å². The molecule has 8 nitrogen and oxygen atoms in total. The molecule has 0 aliphatic heterocycles. The van der Waals surface area contributed by atoms with E-state index in [1.165, 1.54) is 0 Å². The standard InChI is InChI=1S/C5H9O8PS.Na/c6-4(7)1-3(5(8)9)15(13)2-14(10,11)12;/h3H,1-2H2,(H,6,7)(H,8,9)(H2,10,11,12);/q;+1. The van der Waals surface area contributed by atoms with Gasteiger partial charge < -0.3 is 20.0 Å². The summed E-state index contributed by atoms with van der Waals surface area (Å²) < 4.78 is 21.5. The smallest absolute Gasteiger partial charge is 0.481 e. The van der Waals surface area contributed by atoms with Crippen LogP contribution in [0.25, 0.3) is 0 Å². The SMILES string of the molecule is O=C(O)CC(C(=O)O)S(=O)CP(=O)(O)O.[Na+]. The first kappa shape index (κ1) is 18.6. The van der Waals surface area contributed by atoms with Gasteiger partial charge in [-0.15, -0.1) is 0 Å². The van der Waals surface area contributed by atoms with Crippen molar-refractivity contribution in [1.82, 2.24) is 0 Å². The minimum atomic E-state index is -4.62. The summed E-state index contributed by atoms with van der Waals surface area (Å²) in [6.45, 7) is 0. The zero-order valence-corrected chi connectivity index (χ0v) is 12.0. The van der Waals surface area contributed by atoms with Crippen LogP contribution in [0.3, 0.4) is 0 Å². The second-order valence-corrected chi connectivity index (χ2v) is 6.29. The molecule has 0 radical (unpaired) electrons. The number of carboxylic acid groups (broad SMARTS) is 2. The normalized spacial score (nSPS) is 14.6. The van der Waals surface area contributed by atoms with E-state index >= 15 is 0 Å². The molecule has 0 aromatic heterocycles. The molecule has 0 bridgehead atoms. The molecule has 0 aromatic carbocycles. The Labute approximate surface area is 115 Å². The molecule has 0 aliphatic carbocycles. The zero-order chi connectivity index (χ0) is 12.2. The molecule has 0 aromatic rings. The summed E-state index contributed by atoms with van der Waals surface area (Å²) >= 11 is 0. The van der Waals surface area contributed by atoms with Gasteiger partial charge in [0.1, 0.15) is 10.7 Å². The van der Waals surface area contributed by atoms with Gasteiger partial charge in [0.05, 0.1) is 6.42 Å². The van der Waals surface area contributed by atoms with Crippen LogP contribution in [0.4, 0.5) is 0 Å². The molecule has 2 unspecified atom stereocenters. The molecule has 0 saturated heterocycles. The van der Waals surface area contributed by atoms with Crippen molar-refractivity contribution in [2.75, 3.05) is 5.49 Å². The van der Waals surface area contributed by atoms with Crippen LogP contribution in [0.1, 0.15) is 6.42 Å². The molecule has 0 fully saturated rings. The zero-order valence-electron chi connectivity index (χ0n) is 8.27. The van der Waals surface area contributed by atoms with Crippen molar-refractivity contribution in [3.63, 3.8) is 0 Å². The average Bonchev–Trinajstić information content (AvgIpc) is 1.95. The monoisotopic (exact) mass is 283 g/mol. The molecule has 0 heterocycles. The van der Waals surface area contributed by atoms with Gasteiger partial charge in [-0.3, -0.25) is 18.4 Å². The minimum absolute atomic E-state index is 0. The maximum atomic E-state index is 11.1. The van der Waals surface area contributed by atoms with Gasteiger partial charge in [-0.05, 0) is 0 Å². The van der Waals surface area contributed by atoms with Crippen LogP contribution in [0.5, 0.6) is 0 Å². The van der Waals surface area contributed by atoms with Crippen LogP contribution < -0.4 is 29.6 Å². The third-order valence-corrected chi connectivity index (χ3v) is 4.61. The van der Waals surface area contributed by atoms with E-state index in [2.05, 4.69) is 0 Å². The molecule has 0 spiro atoms. The fourth-order valence-corrected chi connectivity index (χ4v) is 3.31. The fraction of sp³-hybridized carbons (Fsp3) is 0.600. The fourth-order valence-electron chi connectivity index (χ4n) is 0.707. The maximum absolute atomic E-state index is 11.1. The molecule has 0 rings (SSSR count). The van der Waals surface area contributed by atoms with Gasteiger partial charge in [-0.25, -0.2) is 0 Å². The first-order valence-corrected chi connectivity index (χ1v) is 6.68. The Hall–Kier alpha value is 0.240. The van der Waals surface area contributed by atoms with Gasteiger partial charge in [0, 0.05) is 10.8 Å². The van der Waals surface area contributed by atoms with Gasteiger partial charge in [0.25, 0.3) is 0 Å². The minimum Gasteiger partial charge on any atom is -0.481 e. The molecule has 4 N–H and O–H groups in total. The number of aliphatic carboxylic acids is 2. The van der Waals surface area contributed by atoms with Gasteiger partial charge in [-0.2, -0.15) is 0 Å². The van der Waals surface area contributed by atoms with Crippen molar-refractivity contribution in [1.29, 1.82) is 0 Å². The van der Waals surface area contributed by atoms with Gasteiger partial charge >= 0.3 is 49.1 Å². The molecule has 2 atom stereocenters. The van der Waals surface area contributed by atoms with Crippen LogP contribution in [0, 0.1) is 0 Å². The van der Waals surface area contributed by atoms with Gasteiger partial charge in [0.15, 0.2) is 0 Å². The Bertz CT molecular complexity index is 337. The van der Waals surface area contributed by atoms with Crippen LogP contribution in [-0.4, -0.2) is 46.9 Å². The van der Waals surface area contributed by atoms with Crippen LogP contribution in [0.2, 0.25) is 0 Å². The van der Waals surface area contributed by atoms with Crippen molar-refractivity contribution in [3.8, 4) is 0 Å². The molecule has 0 aliphatic rings. The van der Waals surface area contributed by atoms with Crippen molar-refractivity contribution >= 4 is 30.3 Å². The molecule has 88 valence electrons. The van der Waals surface area contributed by atoms with E-state index in [1.807, 2.05) is 0 Å². The quantitative estimate of drug-likeness (QED) is 0.283. The Morgan fingerprint density at radius 1 is 1.25 bits per heavy atom. The Morgan fingerprint density at radius 2 is 1.69 bits per heavy atom. The van der Waals surface area contributed by atoms with Crippen LogP contribution in [-0.2, 0) is 25.0 Å². The first-order chi connectivity index (χ1) is 6.63. The summed E-state index contributed by atoms with van der Waals surface area (Å²) in [6.07, 6.45) is -0.943. The predicted octanol–water partition coefficient (Wildman–Crippen LogP) is -4.20. The number of carbonyl (C=O) groups is 2. The van der Waals surface area contributed by atoms with Crippen LogP contribution >= 0.6 is 7.60 Å². The van der Waals surface area contributed by atoms with E-state index < -0.39 is 47.5 Å². The Kier molecular flexibility index (Phi) is 8.77. The van der Waals surface area contributed by atoms with Gasteiger partial charge in [0.2, 0.25) is 0 Å². The second-order valence-electron chi connectivity index (χ2n) is 2.60. The summed E-state index contributed by atoms with van der Waals surface area (Å²) in [5.74, 6) is -3.16. The third kappa shape index (κ3) is 8.40. The summed E-state index contributed by atoms with van der Waals surface area (Å²) in [5, 5.41) is 15.0. The Balaban J connectivity index is 0. The summed E-state index contributed by atoms with van der Waals surface area (Å²) in [5.41, 5.74) is -1.16. The van der Waals surface area contributed by atoms with Gasteiger partial charge in [-0.1, -0.05) is 0 Å². The van der Waals surface area contributed by atoms with E-state index in [4.69, 9.17) is 20.0 Å². The van der Waals surface area contributed by atoms with Crippen molar-refractivity contribution < 1.29 is 67.9 Å². The Morgan fingerprint density at radius 3 is 1.94 bits per heavy atom. The number of rotatable bonds is 6. The summed E-state index contributed by atoms with van der Waals surface area (Å²) in [4.78, 5) is 37.5. The second kappa shape index (κ2) is 7.54. The molecule has 0 amide bonds. The van der Waals surface area contributed by atoms with Crippen molar-refractivity contribution in [2.45, 2.75) is 11.7 Å². The third-order valence-electron chi connectivity index (χ3n) is 1.25. The summed E-state index contributed by atoms with van der Waals surface area (Å²) in [6, 6.07) is 0. The van der Waals surface area contributed by atoms with E-state index in [0.717, 1.165) is 0 Å². The van der Waals surface area contributed by atoms with Crippen LogP contribution in [0.15, 0.2) is 0 Å². The largest absolute Gasteiger partial charge is 1.00 e. The van der Waals surface area contributed by atoms with Crippen molar-refractivity contribution in [2.24, 2.45) is 0 Å². The molecular weight excluding hydrogens is 274 g/mol. The number of carboxylic acids is 2. The molecule has 16 heavy (non-hydrogen) atoms. The average molecular weight is 283 g/mol. The van der Waals surface area contributed by atoms with Crippen molar-refractivity contribution in [3.05, 3.63) is 0 Å². The van der Waals surface area contributed by atoms with E-state index in [-0.39, 0.29) is 29.6 Å².